The summed E-state index contributed by atoms with van der Waals surface area (Å²) in [4.78, 5) is 0. The Bertz CT molecular complexity index is 209. The second kappa shape index (κ2) is 11.1. The molecule has 0 aliphatic rings. The first-order valence-corrected chi connectivity index (χ1v) is 5.87. The molecule has 0 heterocycles. The van der Waals surface area contributed by atoms with E-state index in [9.17, 15) is 12.9 Å². The Morgan fingerprint density at radius 2 is 1.82 bits per heavy atom. The maximum atomic E-state index is 12.1. The summed E-state index contributed by atoms with van der Waals surface area (Å²) in [6.07, 6.45) is 5.16. The number of rotatable bonds is 9. The van der Waals surface area contributed by atoms with E-state index >= 15 is 0 Å². The van der Waals surface area contributed by atoms with Gasteiger partial charge in [0.05, 0.1) is 6.10 Å². The molecule has 0 aliphatic carbocycles. The van der Waals surface area contributed by atoms with E-state index in [1.54, 1.807) is 0 Å². The zero-order valence-electron chi connectivity index (χ0n) is 11.1. The van der Waals surface area contributed by atoms with Crippen LogP contribution in [0.5, 0.6) is 0 Å². The van der Waals surface area contributed by atoms with Crippen LogP contribution in [0.3, 0.4) is 0 Å². The van der Waals surface area contributed by atoms with Crippen LogP contribution in [0.1, 0.15) is 46.0 Å². The van der Waals surface area contributed by atoms with Crippen molar-refractivity contribution in [1.29, 1.82) is 0 Å². The summed E-state index contributed by atoms with van der Waals surface area (Å²) in [7, 11) is 0. The van der Waals surface area contributed by atoms with Crippen molar-refractivity contribution in [1.82, 2.24) is 0 Å². The molecule has 0 saturated carbocycles. The summed E-state index contributed by atoms with van der Waals surface area (Å²) in [5, 5.41) is 0. The molecular weight excluding hydrogens is 255 g/mol. The van der Waals surface area contributed by atoms with Crippen molar-refractivity contribution >= 4 is 6.98 Å². The molecule has 0 bridgehead atoms. The van der Waals surface area contributed by atoms with Crippen molar-refractivity contribution < 1.29 is 69.1 Å². The van der Waals surface area contributed by atoms with E-state index in [-0.39, 0.29) is 57.5 Å². The van der Waals surface area contributed by atoms with Gasteiger partial charge in [0.25, 0.3) is 0 Å². The monoisotopic (exact) mass is 276 g/mol. The van der Waals surface area contributed by atoms with Gasteiger partial charge in [-0.15, -0.1) is 12.1 Å². The van der Waals surface area contributed by atoms with Crippen LogP contribution in [0.2, 0.25) is 0 Å². The van der Waals surface area contributed by atoms with Gasteiger partial charge in [-0.25, -0.2) is 0 Å². The van der Waals surface area contributed by atoms with E-state index in [1.807, 2.05) is 6.92 Å². The van der Waals surface area contributed by atoms with Crippen molar-refractivity contribution in [3.8, 4) is 0 Å². The number of hydrogen-bond acceptors (Lipinski definition) is 1. The SMILES string of the molecule is C=C(COC(C)CCCCCC)[B-](F)(F)F.[K+]. The van der Waals surface area contributed by atoms with Gasteiger partial charge >= 0.3 is 58.4 Å². The number of ether oxygens (including phenoxy) is 1. The third kappa shape index (κ3) is 12.0. The van der Waals surface area contributed by atoms with E-state index < -0.39 is 19.1 Å². The Hall–Kier alpha value is 1.19. The van der Waals surface area contributed by atoms with Crippen LogP contribution >= 0.6 is 0 Å². The van der Waals surface area contributed by atoms with Gasteiger partial charge in [-0.3, -0.25) is 0 Å². The summed E-state index contributed by atoms with van der Waals surface area (Å²) in [5.74, 6) is 0. The molecule has 96 valence electrons. The molecule has 0 rings (SSSR count). The van der Waals surface area contributed by atoms with Gasteiger partial charge in [0.2, 0.25) is 0 Å². The molecule has 0 amide bonds. The van der Waals surface area contributed by atoms with Crippen LogP contribution in [-0.4, -0.2) is 19.7 Å². The molecule has 0 aromatic heterocycles. The minimum atomic E-state index is -4.94. The molecule has 1 nitrogen and oxygen atoms in total. The Balaban J connectivity index is 0. The van der Waals surface area contributed by atoms with Crippen molar-refractivity contribution in [3.63, 3.8) is 0 Å². The Labute approximate surface area is 145 Å². The molecule has 6 heteroatoms. The smallest absolute Gasteiger partial charge is 0.445 e. The van der Waals surface area contributed by atoms with Crippen LogP contribution in [-0.2, 0) is 4.74 Å². The first kappa shape index (κ1) is 20.5. The second-order valence-corrected chi connectivity index (χ2v) is 4.20. The van der Waals surface area contributed by atoms with Gasteiger partial charge in [0.15, 0.2) is 0 Å². The number of hydrogen-bond donors (Lipinski definition) is 0. The molecule has 0 fully saturated rings. The van der Waals surface area contributed by atoms with E-state index in [1.165, 1.54) is 6.42 Å². The largest absolute Gasteiger partial charge is 1.00 e. The second-order valence-electron chi connectivity index (χ2n) is 4.20. The van der Waals surface area contributed by atoms with Gasteiger partial charge in [-0.05, 0) is 13.3 Å². The Morgan fingerprint density at radius 1 is 1.24 bits per heavy atom. The van der Waals surface area contributed by atoms with Crippen LogP contribution in [0.4, 0.5) is 12.9 Å². The normalized spacial score (nSPS) is 13.0. The van der Waals surface area contributed by atoms with E-state index in [0.29, 0.717) is 0 Å². The Morgan fingerprint density at radius 3 is 2.29 bits per heavy atom. The van der Waals surface area contributed by atoms with Crippen LogP contribution < -0.4 is 51.4 Å². The molecule has 0 aliphatic heterocycles. The van der Waals surface area contributed by atoms with E-state index in [0.717, 1.165) is 25.7 Å². The fraction of sp³-hybridized carbons (Fsp3) is 0.818. The summed E-state index contributed by atoms with van der Waals surface area (Å²) >= 11 is 0. The van der Waals surface area contributed by atoms with Crippen LogP contribution in [0.15, 0.2) is 12.1 Å². The molecule has 0 N–H and O–H groups in total. The van der Waals surface area contributed by atoms with Gasteiger partial charge < -0.3 is 17.7 Å². The average molecular weight is 276 g/mol. The van der Waals surface area contributed by atoms with Gasteiger partial charge in [0.1, 0.15) is 0 Å². The zero-order valence-corrected chi connectivity index (χ0v) is 14.3. The van der Waals surface area contributed by atoms with E-state index in [2.05, 4.69) is 13.5 Å². The topological polar surface area (TPSA) is 9.23 Å². The van der Waals surface area contributed by atoms with E-state index in [4.69, 9.17) is 4.74 Å². The quantitative estimate of drug-likeness (QED) is 0.456. The summed E-state index contributed by atoms with van der Waals surface area (Å²) < 4.78 is 41.5. The van der Waals surface area contributed by atoms with Crippen molar-refractivity contribution in [2.24, 2.45) is 0 Å². The molecule has 0 aromatic carbocycles. The first-order valence-electron chi connectivity index (χ1n) is 5.87. The van der Waals surface area contributed by atoms with Crippen molar-refractivity contribution in [2.45, 2.75) is 52.1 Å². The molecule has 0 radical (unpaired) electrons. The minimum Gasteiger partial charge on any atom is -0.445 e. The standard InChI is InChI=1S/C11H21BF3O.K/c1-4-5-6-7-8-11(3)16-9-10(2)12(13,14)15;/h11H,2,4-9H2,1,3H3;/q-1;+1. The maximum Gasteiger partial charge on any atom is 1.00 e. The zero-order chi connectivity index (χ0) is 12.6. The molecule has 17 heavy (non-hydrogen) atoms. The predicted molar refractivity (Wildman–Crippen MR) is 62.4 cm³/mol. The van der Waals surface area contributed by atoms with Crippen LogP contribution in [0.25, 0.3) is 0 Å². The molecule has 1 atom stereocenters. The number of unbranched alkanes of at least 4 members (excludes halogenated alkanes) is 3. The van der Waals surface area contributed by atoms with Crippen molar-refractivity contribution in [2.75, 3.05) is 6.61 Å². The third-order valence-electron chi connectivity index (χ3n) is 2.48. The van der Waals surface area contributed by atoms with Crippen LogP contribution in [0, 0.1) is 0 Å². The first-order chi connectivity index (χ1) is 7.38. The fourth-order valence-corrected chi connectivity index (χ4v) is 1.29. The maximum absolute atomic E-state index is 12.1. The molecule has 1 unspecified atom stereocenters. The van der Waals surface area contributed by atoms with Gasteiger partial charge in [0, 0.05) is 6.61 Å². The summed E-state index contributed by atoms with van der Waals surface area (Å²) in [5.41, 5.74) is -0.750. The average Bonchev–Trinajstić information content (AvgIpc) is 2.19. The Kier molecular flexibility index (Phi) is 13.3. The summed E-state index contributed by atoms with van der Waals surface area (Å²) in [6, 6.07) is 0. The van der Waals surface area contributed by atoms with Gasteiger partial charge in [-0.1, -0.05) is 32.6 Å². The summed E-state index contributed by atoms with van der Waals surface area (Å²) in [6.45, 7) is 1.58. The molecule has 0 saturated heterocycles. The molecule has 0 aromatic rings. The third-order valence-corrected chi connectivity index (χ3v) is 2.48. The molecule has 0 spiro atoms. The molecular formula is C11H21BF3KO. The number of halogens is 3. The van der Waals surface area contributed by atoms with Gasteiger partial charge in [-0.2, -0.15) is 0 Å². The predicted octanol–water partition coefficient (Wildman–Crippen LogP) is 1.31. The van der Waals surface area contributed by atoms with Crippen molar-refractivity contribution in [3.05, 3.63) is 12.1 Å². The minimum absolute atomic E-state index is 0. The fourth-order valence-electron chi connectivity index (χ4n) is 1.29.